The second kappa shape index (κ2) is 12.3. The summed E-state index contributed by atoms with van der Waals surface area (Å²) in [6, 6.07) is 2.26. The van der Waals surface area contributed by atoms with E-state index in [2.05, 4.69) is 13.0 Å². The van der Waals surface area contributed by atoms with Gasteiger partial charge in [-0.2, -0.15) is 5.26 Å². The fraction of sp³-hybridized carbons (Fsp3) is 0.800. The molecule has 21 heavy (non-hydrogen) atoms. The zero-order valence-corrected chi connectivity index (χ0v) is 15.6. The number of hydrogen-bond donors (Lipinski definition) is 0. The first kappa shape index (κ1) is 20.8. The number of nitriles is 1. The number of thioether (sulfide) groups is 2. The summed E-state index contributed by atoms with van der Waals surface area (Å²) >= 11 is 8.15. The highest BCUT2D eigenvalue weighted by Gasteiger charge is 2.27. The molecule has 1 unspecified atom stereocenters. The number of thiocarbonyl (C=S) groups is 1. The quantitative estimate of drug-likeness (QED) is 0.317. The monoisotopic (exact) mass is 347 g/mol. The van der Waals surface area contributed by atoms with Crippen LogP contribution in [0.4, 0.5) is 0 Å². The Morgan fingerprint density at radius 3 is 2.62 bits per heavy atom. The van der Waals surface area contributed by atoms with Gasteiger partial charge in [0.2, 0.25) is 0 Å². The van der Waals surface area contributed by atoms with Crippen molar-refractivity contribution in [2.24, 2.45) is 0 Å². The van der Waals surface area contributed by atoms with E-state index >= 15 is 0 Å². The van der Waals surface area contributed by atoms with E-state index < -0.39 is 4.75 Å². The third-order valence-electron chi connectivity index (χ3n) is 2.87. The van der Waals surface area contributed by atoms with E-state index in [4.69, 9.17) is 17.0 Å². The van der Waals surface area contributed by atoms with Crippen molar-refractivity contribution in [3.8, 4) is 6.07 Å². The minimum absolute atomic E-state index is 0.220. The molecule has 0 saturated heterocycles. The van der Waals surface area contributed by atoms with Gasteiger partial charge in [0, 0.05) is 6.42 Å². The topological polar surface area (TPSA) is 50.1 Å². The smallest absolute Gasteiger partial charge is 0.305 e. The summed E-state index contributed by atoms with van der Waals surface area (Å²) in [6.45, 7) is 6.48. The molecular formula is C15H25NO2S3. The number of rotatable bonds is 10. The largest absolute Gasteiger partial charge is 0.466 e. The molecule has 0 aliphatic rings. The molecule has 0 bridgehead atoms. The lowest BCUT2D eigenvalue weighted by Gasteiger charge is -2.20. The second-order valence-corrected chi connectivity index (χ2v) is 8.88. The minimum Gasteiger partial charge on any atom is -0.466 e. The SMILES string of the molecule is CCCCCCOC(=O)CCC(C)(C#N)SC(=S)SCC. The Bertz CT molecular complexity index is 368. The fourth-order valence-corrected chi connectivity index (χ4v) is 4.49. The van der Waals surface area contributed by atoms with Crippen LogP contribution < -0.4 is 0 Å². The van der Waals surface area contributed by atoms with E-state index in [9.17, 15) is 10.1 Å². The highest BCUT2D eigenvalue weighted by Crippen LogP contribution is 2.34. The fourth-order valence-electron chi connectivity index (χ4n) is 1.59. The molecule has 0 rings (SSSR count). The van der Waals surface area contributed by atoms with E-state index in [1.807, 2.05) is 13.8 Å². The van der Waals surface area contributed by atoms with Crippen LogP contribution in [0.1, 0.15) is 59.3 Å². The molecule has 0 fully saturated rings. The molecular weight excluding hydrogens is 322 g/mol. The number of esters is 1. The zero-order valence-electron chi connectivity index (χ0n) is 13.1. The number of nitrogens with zero attached hydrogens (tertiary/aromatic N) is 1. The molecule has 1 atom stereocenters. The molecule has 6 heteroatoms. The molecule has 0 aliphatic carbocycles. The number of unbranched alkanes of at least 4 members (excludes halogenated alkanes) is 3. The normalized spacial score (nSPS) is 13.2. The van der Waals surface area contributed by atoms with Crippen LogP contribution in [-0.2, 0) is 9.53 Å². The molecule has 0 saturated carbocycles. The third-order valence-corrected chi connectivity index (χ3v) is 5.52. The Labute approximate surface area is 142 Å². The number of carbonyl (C=O) groups is 1. The van der Waals surface area contributed by atoms with Gasteiger partial charge < -0.3 is 4.74 Å². The Balaban J connectivity index is 4.01. The lowest BCUT2D eigenvalue weighted by molar-refractivity contribution is -0.143. The van der Waals surface area contributed by atoms with Gasteiger partial charge in [0.25, 0.3) is 0 Å². The summed E-state index contributed by atoms with van der Waals surface area (Å²) in [6.07, 6.45) is 5.09. The van der Waals surface area contributed by atoms with Crippen LogP contribution >= 0.6 is 35.7 Å². The first-order valence-corrected chi connectivity index (χ1v) is 9.61. The Morgan fingerprint density at radius 1 is 1.33 bits per heavy atom. The van der Waals surface area contributed by atoms with E-state index in [1.165, 1.54) is 24.6 Å². The van der Waals surface area contributed by atoms with Crippen LogP contribution in [0.5, 0.6) is 0 Å². The van der Waals surface area contributed by atoms with E-state index in [0.29, 0.717) is 13.0 Å². The Morgan fingerprint density at radius 2 is 2.05 bits per heavy atom. The highest BCUT2D eigenvalue weighted by molar-refractivity contribution is 8.47. The van der Waals surface area contributed by atoms with Crippen LogP contribution in [0.25, 0.3) is 0 Å². The lowest BCUT2D eigenvalue weighted by atomic mass is 10.1. The molecule has 120 valence electrons. The van der Waals surface area contributed by atoms with Crippen LogP contribution in [-0.4, -0.2) is 26.6 Å². The van der Waals surface area contributed by atoms with Crippen LogP contribution in [0, 0.1) is 11.3 Å². The maximum absolute atomic E-state index is 11.7. The van der Waals surface area contributed by atoms with Crippen molar-refractivity contribution in [2.45, 2.75) is 64.0 Å². The van der Waals surface area contributed by atoms with Crippen molar-refractivity contribution in [1.29, 1.82) is 5.26 Å². The van der Waals surface area contributed by atoms with Crippen molar-refractivity contribution in [1.82, 2.24) is 0 Å². The zero-order chi connectivity index (χ0) is 16.1. The number of ether oxygens (including phenoxy) is 1. The first-order chi connectivity index (χ1) is 9.97. The first-order valence-electron chi connectivity index (χ1n) is 7.40. The standard InChI is InChI=1S/C15H25NO2S3/c1-4-6-7-8-11-18-13(17)9-10-15(3,12-16)21-14(19)20-5-2/h4-11H2,1-3H3. The van der Waals surface area contributed by atoms with Gasteiger partial charge in [-0.15, -0.1) is 11.8 Å². The predicted octanol–water partition coefficient (Wildman–Crippen LogP) is 4.94. The summed E-state index contributed by atoms with van der Waals surface area (Å²) in [4.78, 5) is 11.7. The van der Waals surface area contributed by atoms with E-state index in [-0.39, 0.29) is 12.4 Å². The maximum atomic E-state index is 11.7. The average Bonchev–Trinajstić information content (AvgIpc) is 2.45. The van der Waals surface area contributed by atoms with Crippen molar-refractivity contribution >= 4 is 45.2 Å². The Hall–Kier alpha value is -0.250. The third kappa shape index (κ3) is 11.0. The van der Waals surface area contributed by atoms with Gasteiger partial charge in [-0.3, -0.25) is 4.79 Å². The van der Waals surface area contributed by atoms with E-state index in [0.717, 1.165) is 22.1 Å². The van der Waals surface area contributed by atoms with Gasteiger partial charge in [0.15, 0.2) is 0 Å². The number of hydrogen-bond acceptors (Lipinski definition) is 6. The second-order valence-electron chi connectivity index (χ2n) is 4.91. The molecule has 0 aromatic rings. The lowest BCUT2D eigenvalue weighted by Crippen LogP contribution is -2.21. The molecule has 0 heterocycles. The summed E-state index contributed by atoms with van der Waals surface area (Å²) in [5.41, 5.74) is 0. The van der Waals surface area contributed by atoms with Crippen molar-refractivity contribution in [3.05, 3.63) is 0 Å². The van der Waals surface area contributed by atoms with Crippen molar-refractivity contribution < 1.29 is 9.53 Å². The van der Waals surface area contributed by atoms with Crippen molar-refractivity contribution in [3.63, 3.8) is 0 Å². The molecule has 0 radical (unpaired) electrons. The van der Waals surface area contributed by atoms with E-state index in [1.54, 1.807) is 11.8 Å². The molecule has 0 spiro atoms. The summed E-state index contributed by atoms with van der Waals surface area (Å²) in [7, 11) is 0. The van der Waals surface area contributed by atoms with Gasteiger partial charge >= 0.3 is 5.97 Å². The summed E-state index contributed by atoms with van der Waals surface area (Å²) < 4.78 is 5.29. The van der Waals surface area contributed by atoms with Gasteiger partial charge in [0.1, 0.15) is 8.28 Å². The minimum atomic E-state index is -0.652. The van der Waals surface area contributed by atoms with Gasteiger partial charge in [-0.05, 0) is 25.5 Å². The molecule has 0 aromatic heterocycles. The molecule has 0 aliphatic heterocycles. The van der Waals surface area contributed by atoms with Crippen LogP contribution in [0.3, 0.4) is 0 Å². The van der Waals surface area contributed by atoms with Gasteiger partial charge in [-0.25, -0.2) is 0 Å². The Kier molecular flexibility index (Phi) is 12.2. The summed E-state index contributed by atoms with van der Waals surface area (Å²) in [5.74, 6) is 0.676. The van der Waals surface area contributed by atoms with Crippen LogP contribution in [0.15, 0.2) is 0 Å². The summed E-state index contributed by atoms with van der Waals surface area (Å²) in [5, 5.41) is 9.30. The predicted molar refractivity (Wildman–Crippen MR) is 96.7 cm³/mol. The molecule has 0 amide bonds. The van der Waals surface area contributed by atoms with Crippen molar-refractivity contribution in [2.75, 3.05) is 12.4 Å². The average molecular weight is 348 g/mol. The number of carbonyl (C=O) groups excluding carboxylic acids is 1. The van der Waals surface area contributed by atoms with Gasteiger partial charge in [-0.1, -0.05) is 57.1 Å². The highest BCUT2D eigenvalue weighted by atomic mass is 32.2. The maximum Gasteiger partial charge on any atom is 0.305 e. The molecule has 3 nitrogen and oxygen atoms in total. The van der Waals surface area contributed by atoms with Crippen LogP contribution in [0.2, 0.25) is 0 Å². The van der Waals surface area contributed by atoms with Gasteiger partial charge in [0.05, 0.1) is 12.7 Å². The molecule has 0 N–H and O–H groups in total. The molecule has 0 aromatic carbocycles.